The van der Waals surface area contributed by atoms with Crippen LogP contribution in [0.25, 0.3) is 11.4 Å². The number of rotatable bonds is 4. The minimum absolute atomic E-state index is 0.0461. The van der Waals surface area contributed by atoms with Crippen LogP contribution in [-0.4, -0.2) is 44.4 Å². The Balaban J connectivity index is 1.44. The van der Waals surface area contributed by atoms with Gasteiger partial charge in [-0.2, -0.15) is 0 Å². The molecule has 1 aliphatic carbocycles. The third-order valence-corrected chi connectivity index (χ3v) is 6.16. The molecular formula is C24H23FN4O2. The second-order valence-electron chi connectivity index (χ2n) is 8.30. The maximum Gasteiger partial charge on any atom is 0.254 e. The topological polar surface area (TPSA) is 68.2 Å². The molecule has 2 saturated heterocycles. The standard InChI is InChI=1S/C24H23FN4O2/c1-15-3-8-22(28-13-15)31-21-11-16-4-7-20(21)29(14-16)24(30)18-6-5-17(25)12-19(18)23-26-9-2-10-27-23/h2-3,5-6,8-10,12-13,16,20-21H,4,7,11,14H2,1H3/t16?,20-,21+/m0/s1. The van der Waals surface area contributed by atoms with E-state index in [4.69, 9.17) is 4.74 Å². The number of piperidine rings is 2. The predicted octanol–water partition coefficient (Wildman–Crippen LogP) is 4.06. The molecule has 2 aromatic heterocycles. The number of halogens is 1. The molecule has 0 radical (unpaired) electrons. The number of pyridine rings is 1. The summed E-state index contributed by atoms with van der Waals surface area (Å²) in [7, 11) is 0. The Bertz CT molecular complexity index is 1090. The van der Waals surface area contributed by atoms with Gasteiger partial charge in [-0.05, 0) is 61.9 Å². The summed E-state index contributed by atoms with van der Waals surface area (Å²) in [6, 6.07) is 9.65. The predicted molar refractivity (Wildman–Crippen MR) is 113 cm³/mol. The molecule has 0 N–H and O–H groups in total. The van der Waals surface area contributed by atoms with E-state index in [2.05, 4.69) is 15.0 Å². The highest BCUT2D eigenvalue weighted by Crippen LogP contribution is 2.38. The number of aromatic nitrogens is 3. The molecular weight excluding hydrogens is 395 g/mol. The number of aryl methyl sites for hydroxylation is 1. The first kappa shape index (κ1) is 19.6. The molecule has 158 valence electrons. The van der Waals surface area contributed by atoms with E-state index in [-0.39, 0.29) is 18.1 Å². The number of amides is 1. The summed E-state index contributed by atoms with van der Waals surface area (Å²) in [5, 5.41) is 0. The Morgan fingerprint density at radius 2 is 1.97 bits per heavy atom. The molecule has 1 aromatic carbocycles. The molecule has 6 rings (SSSR count). The molecule has 7 heteroatoms. The van der Waals surface area contributed by atoms with E-state index >= 15 is 0 Å². The minimum Gasteiger partial charge on any atom is -0.472 e. The smallest absolute Gasteiger partial charge is 0.254 e. The molecule has 2 bridgehead atoms. The molecule has 1 saturated carbocycles. The van der Waals surface area contributed by atoms with Gasteiger partial charge in [-0.15, -0.1) is 0 Å². The van der Waals surface area contributed by atoms with Crippen molar-refractivity contribution in [1.29, 1.82) is 0 Å². The van der Waals surface area contributed by atoms with Gasteiger partial charge in [-0.1, -0.05) is 6.07 Å². The molecule has 3 fully saturated rings. The Hall–Kier alpha value is -3.35. The molecule has 0 spiro atoms. The largest absolute Gasteiger partial charge is 0.472 e. The van der Waals surface area contributed by atoms with Crippen molar-refractivity contribution < 1.29 is 13.9 Å². The number of hydrogen-bond acceptors (Lipinski definition) is 5. The highest BCUT2D eigenvalue weighted by molar-refractivity contribution is 6.00. The quantitative estimate of drug-likeness (QED) is 0.639. The molecule has 1 amide bonds. The van der Waals surface area contributed by atoms with Crippen molar-refractivity contribution in [2.45, 2.75) is 38.3 Å². The van der Waals surface area contributed by atoms with Gasteiger partial charge in [-0.25, -0.2) is 19.3 Å². The van der Waals surface area contributed by atoms with Gasteiger partial charge in [0.1, 0.15) is 11.9 Å². The summed E-state index contributed by atoms with van der Waals surface area (Å²) >= 11 is 0. The second kappa shape index (κ2) is 8.06. The van der Waals surface area contributed by atoms with Gasteiger partial charge in [0.05, 0.1) is 11.6 Å². The van der Waals surface area contributed by atoms with E-state index in [0.29, 0.717) is 35.3 Å². The first-order valence-electron chi connectivity index (χ1n) is 10.6. The monoisotopic (exact) mass is 418 g/mol. The molecule has 31 heavy (non-hydrogen) atoms. The fourth-order valence-corrected chi connectivity index (χ4v) is 4.65. The van der Waals surface area contributed by atoms with Crippen molar-refractivity contribution in [2.75, 3.05) is 6.54 Å². The Kier molecular flexibility index (Phi) is 5.10. The van der Waals surface area contributed by atoms with Crippen LogP contribution in [0, 0.1) is 18.7 Å². The zero-order valence-corrected chi connectivity index (χ0v) is 17.2. The lowest BCUT2D eigenvalue weighted by Crippen LogP contribution is -2.59. The van der Waals surface area contributed by atoms with E-state index in [0.717, 1.165) is 24.8 Å². The number of fused-ring (bicyclic) bond motifs is 3. The average molecular weight is 418 g/mol. The zero-order valence-electron chi connectivity index (χ0n) is 17.2. The normalized spacial score (nSPS) is 22.4. The van der Waals surface area contributed by atoms with Gasteiger partial charge in [0.25, 0.3) is 5.91 Å². The average Bonchev–Trinajstić information content (AvgIpc) is 2.81. The van der Waals surface area contributed by atoms with Crippen molar-refractivity contribution in [1.82, 2.24) is 19.9 Å². The van der Waals surface area contributed by atoms with Crippen LogP contribution < -0.4 is 4.74 Å². The van der Waals surface area contributed by atoms with Crippen molar-refractivity contribution in [3.8, 4) is 17.3 Å². The maximum atomic E-state index is 14.0. The van der Waals surface area contributed by atoms with Crippen molar-refractivity contribution in [3.05, 3.63) is 71.9 Å². The number of ether oxygens (including phenoxy) is 1. The van der Waals surface area contributed by atoms with Crippen molar-refractivity contribution in [2.24, 2.45) is 5.92 Å². The van der Waals surface area contributed by atoms with Crippen LogP contribution in [0.2, 0.25) is 0 Å². The number of nitrogens with zero attached hydrogens (tertiary/aromatic N) is 4. The molecule has 4 heterocycles. The van der Waals surface area contributed by atoms with Gasteiger partial charge in [0, 0.05) is 36.8 Å². The summed E-state index contributed by atoms with van der Waals surface area (Å²) in [4.78, 5) is 28.3. The lowest BCUT2D eigenvalue weighted by atomic mass is 9.77. The SMILES string of the molecule is Cc1ccc(O[C@@H]2CC3CC[C@@H]2N(C(=O)c2ccc(F)cc2-c2ncccn2)C3)nc1. The summed E-state index contributed by atoms with van der Waals surface area (Å²) in [6.07, 6.45) is 7.71. The molecule has 1 unspecified atom stereocenters. The van der Waals surface area contributed by atoms with Gasteiger partial charge >= 0.3 is 0 Å². The van der Waals surface area contributed by atoms with Gasteiger partial charge < -0.3 is 9.64 Å². The van der Waals surface area contributed by atoms with Crippen LogP contribution in [0.4, 0.5) is 4.39 Å². The molecule has 3 atom stereocenters. The molecule has 6 nitrogen and oxygen atoms in total. The number of hydrogen-bond donors (Lipinski definition) is 0. The lowest BCUT2D eigenvalue weighted by molar-refractivity contribution is -0.0313. The third kappa shape index (κ3) is 3.87. The van der Waals surface area contributed by atoms with Crippen molar-refractivity contribution in [3.63, 3.8) is 0 Å². The summed E-state index contributed by atoms with van der Waals surface area (Å²) in [6.45, 7) is 2.66. The Morgan fingerprint density at radius 3 is 2.71 bits per heavy atom. The first-order chi connectivity index (χ1) is 15.1. The van der Waals surface area contributed by atoms with E-state index in [1.807, 2.05) is 24.0 Å². The highest BCUT2D eigenvalue weighted by atomic mass is 19.1. The summed E-state index contributed by atoms with van der Waals surface area (Å²) in [5.41, 5.74) is 1.89. The van der Waals surface area contributed by atoms with Crippen molar-refractivity contribution >= 4 is 5.91 Å². The zero-order chi connectivity index (χ0) is 21.4. The van der Waals surface area contributed by atoms with E-state index in [1.165, 1.54) is 18.2 Å². The van der Waals surface area contributed by atoms with E-state index < -0.39 is 5.82 Å². The second-order valence-corrected chi connectivity index (χ2v) is 8.30. The summed E-state index contributed by atoms with van der Waals surface area (Å²) < 4.78 is 20.2. The third-order valence-electron chi connectivity index (χ3n) is 6.16. The Labute approximate surface area is 180 Å². The van der Waals surface area contributed by atoms with Crippen LogP contribution in [0.15, 0.2) is 55.0 Å². The number of carbonyl (C=O) groups excluding carboxylic acids is 1. The van der Waals surface area contributed by atoms with Gasteiger partial charge in [-0.3, -0.25) is 4.79 Å². The van der Waals surface area contributed by atoms with Gasteiger partial charge in [0.15, 0.2) is 5.82 Å². The maximum absolute atomic E-state index is 14.0. The Morgan fingerprint density at radius 1 is 1.13 bits per heavy atom. The lowest BCUT2D eigenvalue weighted by Gasteiger charge is -2.49. The van der Waals surface area contributed by atoms with Crippen LogP contribution in [0.3, 0.4) is 0 Å². The van der Waals surface area contributed by atoms with E-state index in [1.54, 1.807) is 24.7 Å². The van der Waals surface area contributed by atoms with Crippen LogP contribution in [-0.2, 0) is 0 Å². The highest BCUT2D eigenvalue weighted by Gasteiger charge is 2.44. The van der Waals surface area contributed by atoms with Crippen LogP contribution in [0.5, 0.6) is 5.88 Å². The van der Waals surface area contributed by atoms with E-state index in [9.17, 15) is 9.18 Å². The van der Waals surface area contributed by atoms with Crippen LogP contribution >= 0.6 is 0 Å². The number of carbonyl (C=O) groups is 1. The fourth-order valence-electron chi connectivity index (χ4n) is 4.65. The fraction of sp³-hybridized carbons (Fsp3) is 0.333. The molecule has 3 aliphatic rings. The molecule has 2 aliphatic heterocycles. The number of benzene rings is 1. The first-order valence-corrected chi connectivity index (χ1v) is 10.6. The van der Waals surface area contributed by atoms with Gasteiger partial charge in [0.2, 0.25) is 5.88 Å². The summed E-state index contributed by atoms with van der Waals surface area (Å²) in [5.74, 6) is 0.731. The van der Waals surface area contributed by atoms with Crippen LogP contribution in [0.1, 0.15) is 35.2 Å². The minimum atomic E-state index is -0.425. The molecule has 3 aromatic rings.